The summed E-state index contributed by atoms with van der Waals surface area (Å²) in [6.07, 6.45) is 3.90. The van der Waals surface area contributed by atoms with Crippen LogP contribution in [0.3, 0.4) is 0 Å². The van der Waals surface area contributed by atoms with Crippen LogP contribution in [0.5, 0.6) is 0 Å². The van der Waals surface area contributed by atoms with Crippen LogP contribution < -0.4 is 5.32 Å². The van der Waals surface area contributed by atoms with Gasteiger partial charge in [-0.1, -0.05) is 18.2 Å². The third-order valence-corrected chi connectivity index (χ3v) is 4.06. The molecule has 98 valence electrons. The molecular weight excluding hydrogens is 227 g/mol. The van der Waals surface area contributed by atoms with Gasteiger partial charge in [0.1, 0.15) is 5.82 Å². The van der Waals surface area contributed by atoms with E-state index in [1.165, 1.54) is 12.8 Å². The van der Waals surface area contributed by atoms with E-state index in [0.717, 1.165) is 44.1 Å². The Balaban J connectivity index is 1.65. The fraction of sp³-hybridized carbons (Fsp3) is 0.600. The van der Waals surface area contributed by atoms with Gasteiger partial charge in [0.15, 0.2) is 0 Å². The van der Waals surface area contributed by atoms with Crippen molar-refractivity contribution < 1.29 is 4.39 Å². The Morgan fingerprint density at radius 1 is 1.28 bits per heavy atom. The van der Waals surface area contributed by atoms with Gasteiger partial charge in [-0.2, -0.15) is 0 Å². The molecule has 1 aromatic carbocycles. The summed E-state index contributed by atoms with van der Waals surface area (Å²) in [5, 5.41) is 3.64. The minimum atomic E-state index is -0.0716. The maximum atomic E-state index is 13.7. The van der Waals surface area contributed by atoms with Gasteiger partial charge in [0.05, 0.1) is 0 Å². The highest BCUT2D eigenvalue weighted by molar-refractivity contribution is 5.17. The van der Waals surface area contributed by atoms with Gasteiger partial charge in [-0.15, -0.1) is 0 Å². The molecule has 1 heterocycles. The second-order valence-electron chi connectivity index (χ2n) is 5.58. The third-order valence-electron chi connectivity index (χ3n) is 4.06. The van der Waals surface area contributed by atoms with Crippen LogP contribution >= 0.6 is 0 Å². The van der Waals surface area contributed by atoms with Crippen molar-refractivity contribution >= 4 is 0 Å². The van der Waals surface area contributed by atoms with E-state index in [9.17, 15) is 4.39 Å². The van der Waals surface area contributed by atoms with Crippen molar-refractivity contribution in [2.75, 3.05) is 19.6 Å². The van der Waals surface area contributed by atoms with Crippen molar-refractivity contribution in [3.05, 3.63) is 35.6 Å². The molecular formula is C15H21FN2. The first kappa shape index (κ1) is 12.1. The number of nitrogens with one attached hydrogen (secondary N) is 1. The standard InChI is InChI=1S/C15H21FN2/c16-14-5-2-1-4-13(14)10-18-9-3-8-17-15(11-18)12-6-7-12/h1-2,4-5,12,15,17H,3,6-11H2. The van der Waals surface area contributed by atoms with E-state index in [4.69, 9.17) is 0 Å². The van der Waals surface area contributed by atoms with E-state index in [2.05, 4.69) is 10.2 Å². The highest BCUT2D eigenvalue weighted by Crippen LogP contribution is 2.33. The Hall–Kier alpha value is -0.930. The minimum Gasteiger partial charge on any atom is -0.312 e. The number of hydrogen-bond acceptors (Lipinski definition) is 2. The van der Waals surface area contributed by atoms with Crippen LogP contribution in [0, 0.1) is 11.7 Å². The van der Waals surface area contributed by atoms with Crippen LogP contribution in [0.1, 0.15) is 24.8 Å². The number of hydrogen-bond donors (Lipinski definition) is 1. The smallest absolute Gasteiger partial charge is 0.127 e. The minimum absolute atomic E-state index is 0.0716. The van der Waals surface area contributed by atoms with Gasteiger partial charge in [-0.05, 0) is 44.3 Å². The largest absolute Gasteiger partial charge is 0.312 e. The van der Waals surface area contributed by atoms with Crippen molar-refractivity contribution in [3.8, 4) is 0 Å². The predicted molar refractivity (Wildman–Crippen MR) is 70.8 cm³/mol. The van der Waals surface area contributed by atoms with E-state index in [1.54, 1.807) is 12.1 Å². The number of rotatable bonds is 3. The van der Waals surface area contributed by atoms with Crippen LogP contribution in [-0.2, 0) is 6.54 Å². The monoisotopic (exact) mass is 248 g/mol. The molecule has 0 aromatic heterocycles. The highest BCUT2D eigenvalue weighted by atomic mass is 19.1. The first-order chi connectivity index (χ1) is 8.83. The lowest BCUT2D eigenvalue weighted by molar-refractivity contribution is 0.247. The fourth-order valence-corrected chi connectivity index (χ4v) is 2.85. The van der Waals surface area contributed by atoms with E-state index in [1.807, 2.05) is 12.1 Å². The average Bonchev–Trinajstić information content (AvgIpc) is 3.18. The molecule has 2 nitrogen and oxygen atoms in total. The zero-order chi connectivity index (χ0) is 12.4. The molecule has 3 heteroatoms. The summed E-state index contributed by atoms with van der Waals surface area (Å²) in [6.45, 7) is 4.00. The van der Waals surface area contributed by atoms with Crippen molar-refractivity contribution in [2.45, 2.75) is 31.8 Å². The van der Waals surface area contributed by atoms with Gasteiger partial charge >= 0.3 is 0 Å². The molecule has 0 bridgehead atoms. The summed E-state index contributed by atoms with van der Waals surface area (Å²) in [4.78, 5) is 2.40. The van der Waals surface area contributed by atoms with Gasteiger partial charge in [0.25, 0.3) is 0 Å². The molecule has 1 aromatic rings. The molecule has 1 atom stereocenters. The highest BCUT2D eigenvalue weighted by Gasteiger charge is 2.33. The molecule has 18 heavy (non-hydrogen) atoms. The first-order valence-electron chi connectivity index (χ1n) is 7.02. The zero-order valence-corrected chi connectivity index (χ0v) is 10.7. The fourth-order valence-electron chi connectivity index (χ4n) is 2.85. The van der Waals surface area contributed by atoms with Crippen LogP contribution in [-0.4, -0.2) is 30.6 Å². The Morgan fingerprint density at radius 2 is 2.11 bits per heavy atom. The molecule has 2 aliphatic rings. The topological polar surface area (TPSA) is 15.3 Å². The van der Waals surface area contributed by atoms with E-state index in [-0.39, 0.29) is 5.82 Å². The van der Waals surface area contributed by atoms with Crippen LogP contribution in [0.25, 0.3) is 0 Å². The molecule has 0 spiro atoms. The maximum Gasteiger partial charge on any atom is 0.127 e. The summed E-state index contributed by atoms with van der Waals surface area (Å²) in [7, 11) is 0. The van der Waals surface area contributed by atoms with E-state index >= 15 is 0 Å². The SMILES string of the molecule is Fc1ccccc1CN1CCCNC(C2CC2)C1. The summed E-state index contributed by atoms with van der Waals surface area (Å²) >= 11 is 0. The summed E-state index contributed by atoms with van der Waals surface area (Å²) in [5.74, 6) is 0.795. The Labute approximate surface area is 108 Å². The molecule has 1 aliphatic carbocycles. The molecule has 0 radical (unpaired) electrons. The Kier molecular flexibility index (Phi) is 3.62. The molecule has 1 unspecified atom stereocenters. The second kappa shape index (κ2) is 5.37. The molecule has 1 saturated heterocycles. The quantitative estimate of drug-likeness (QED) is 0.883. The summed E-state index contributed by atoms with van der Waals surface area (Å²) in [5.41, 5.74) is 0.828. The van der Waals surface area contributed by atoms with Crippen molar-refractivity contribution in [1.82, 2.24) is 10.2 Å². The van der Waals surface area contributed by atoms with Gasteiger partial charge in [-0.3, -0.25) is 4.90 Å². The van der Waals surface area contributed by atoms with E-state index < -0.39 is 0 Å². The molecule has 1 N–H and O–H groups in total. The average molecular weight is 248 g/mol. The lowest BCUT2D eigenvalue weighted by Crippen LogP contribution is -2.39. The predicted octanol–water partition coefficient (Wildman–Crippen LogP) is 2.40. The molecule has 0 amide bonds. The number of nitrogens with zero attached hydrogens (tertiary/aromatic N) is 1. The molecule has 1 aliphatic heterocycles. The van der Waals surface area contributed by atoms with Crippen molar-refractivity contribution in [1.29, 1.82) is 0 Å². The lowest BCUT2D eigenvalue weighted by atomic mass is 10.1. The van der Waals surface area contributed by atoms with Crippen molar-refractivity contribution in [3.63, 3.8) is 0 Å². The van der Waals surface area contributed by atoms with Gasteiger partial charge in [-0.25, -0.2) is 4.39 Å². The third kappa shape index (κ3) is 2.90. The van der Waals surface area contributed by atoms with Crippen LogP contribution in [0.15, 0.2) is 24.3 Å². The van der Waals surface area contributed by atoms with Crippen LogP contribution in [0.4, 0.5) is 4.39 Å². The summed E-state index contributed by atoms with van der Waals surface area (Å²) < 4.78 is 13.7. The first-order valence-corrected chi connectivity index (χ1v) is 7.02. The zero-order valence-electron chi connectivity index (χ0n) is 10.7. The second-order valence-corrected chi connectivity index (χ2v) is 5.58. The number of benzene rings is 1. The molecule has 3 rings (SSSR count). The van der Waals surface area contributed by atoms with Gasteiger partial charge in [0, 0.05) is 24.7 Å². The van der Waals surface area contributed by atoms with Gasteiger partial charge < -0.3 is 5.32 Å². The van der Waals surface area contributed by atoms with E-state index in [0.29, 0.717) is 6.04 Å². The van der Waals surface area contributed by atoms with Crippen molar-refractivity contribution in [2.24, 2.45) is 5.92 Å². The lowest BCUT2D eigenvalue weighted by Gasteiger charge is -2.24. The normalized spacial score (nSPS) is 25.9. The number of halogens is 1. The Morgan fingerprint density at radius 3 is 2.89 bits per heavy atom. The van der Waals surface area contributed by atoms with Crippen LogP contribution in [0.2, 0.25) is 0 Å². The molecule has 1 saturated carbocycles. The Bertz CT molecular complexity index is 403. The maximum absolute atomic E-state index is 13.7. The van der Waals surface area contributed by atoms with Gasteiger partial charge in [0.2, 0.25) is 0 Å². The summed E-state index contributed by atoms with van der Waals surface area (Å²) in [6, 6.07) is 7.77. The molecule has 2 fully saturated rings.